The van der Waals surface area contributed by atoms with Crippen LogP contribution >= 0.6 is 7.82 Å². The highest BCUT2D eigenvalue weighted by molar-refractivity contribution is 7.48. The second-order valence-corrected chi connectivity index (χ2v) is 6.83. The second-order valence-electron chi connectivity index (χ2n) is 5.16. The molecule has 1 N–H and O–H groups in total. The Morgan fingerprint density at radius 1 is 1.31 bits per heavy atom. The fourth-order valence-corrected chi connectivity index (χ4v) is 2.89. The van der Waals surface area contributed by atoms with E-state index in [0.29, 0.717) is 16.9 Å². The van der Waals surface area contributed by atoms with Gasteiger partial charge < -0.3 is 10.2 Å². The van der Waals surface area contributed by atoms with E-state index in [1.54, 1.807) is 37.2 Å². The van der Waals surface area contributed by atoms with Crippen molar-refractivity contribution in [3.8, 4) is 6.07 Å². The summed E-state index contributed by atoms with van der Waals surface area (Å²) in [7, 11) is -0.131. The predicted molar refractivity (Wildman–Crippen MR) is 98.4 cm³/mol. The number of hydrogen-bond donors (Lipinski definition) is 1. The third kappa shape index (κ3) is 7.33. The maximum atomic E-state index is 12.1. The summed E-state index contributed by atoms with van der Waals surface area (Å²) >= 11 is 0. The molecule has 0 heterocycles. The fraction of sp³-hybridized carbons (Fsp3) is 0.438. The number of carbonyl (C=O) groups is 1. The first-order valence-electron chi connectivity index (χ1n) is 7.91. The van der Waals surface area contributed by atoms with Gasteiger partial charge in [-0.15, -0.1) is 0 Å². The molecule has 0 aliphatic carbocycles. The van der Waals surface area contributed by atoms with Crippen LogP contribution in [0, 0.1) is 11.3 Å². The van der Waals surface area contributed by atoms with Crippen molar-refractivity contribution < 1.29 is 22.9 Å². The molecule has 0 aliphatic rings. The van der Waals surface area contributed by atoms with E-state index in [1.165, 1.54) is 6.07 Å². The molecular formula is C16H23N4O5P. The number of phosphoric ester groups is 1. The van der Waals surface area contributed by atoms with Crippen LogP contribution in [0.1, 0.15) is 19.4 Å². The number of nitrogens with zero attached hydrogens (tertiary/aromatic N) is 3. The van der Waals surface area contributed by atoms with Gasteiger partial charge in [-0.25, -0.2) is 9.56 Å². The Bertz CT molecular complexity index is 720. The molecule has 142 valence electrons. The Kier molecular flexibility index (Phi) is 8.96. The van der Waals surface area contributed by atoms with Crippen molar-refractivity contribution >= 4 is 31.4 Å². The van der Waals surface area contributed by atoms with Gasteiger partial charge in [0, 0.05) is 19.8 Å². The number of hydrogen-bond acceptors (Lipinski definition) is 7. The minimum atomic E-state index is -3.76. The average Bonchev–Trinajstić information content (AvgIpc) is 2.59. The molecule has 0 saturated heterocycles. The van der Waals surface area contributed by atoms with Gasteiger partial charge in [-0.2, -0.15) is 5.26 Å². The molecule has 0 fully saturated rings. The van der Waals surface area contributed by atoms with Gasteiger partial charge in [0.2, 0.25) is 0 Å². The normalized spacial score (nSPS) is 11.3. The second kappa shape index (κ2) is 10.7. The molecule has 0 unspecified atom stereocenters. The van der Waals surface area contributed by atoms with Crippen molar-refractivity contribution in [2.75, 3.05) is 39.2 Å². The highest BCUT2D eigenvalue weighted by atomic mass is 31.2. The number of rotatable bonds is 10. The summed E-state index contributed by atoms with van der Waals surface area (Å²) < 4.78 is 27.0. The lowest BCUT2D eigenvalue weighted by Crippen LogP contribution is -2.18. The first kappa shape index (κ1) is 21.8. The minimum absolute atomic E-state index is 0.124. The van der Waals surface area contributed by atoms with Gasteiger partial charge >= 0.3 is 7.82 Å². The van der Waals surface area contributed by atoms with Crippen molar-refractivity contribution in [3.63, 3.8) is 0 Å². The van der Waals surface area contributed by atoms with Gasteiger partial charge in [0.25, 0.3) is 5.91 Å². The van der Waals surface area contributed by atoms with Gasteiger partial charge in [-0.3, -0.25) is 18.4 Å². The number of phosphoric acid groups is 1. The Morgan fingerprint density at radius 2 is 1.96 bits per heavy atom. The SMILES string of the molecule is CCOP(=O)(OCC)OCC(=O)Nc1ccc(/N=C/N(C)C)c(C#N)c1. The van der Waals surface area contributed by atoms with Crippen molar-refractivity contribution in [3.05, 3.63) is 23.8 Å². The Morgan fingerprint density at radius 3 is 2.50 bits per heavy atom. The molecule has 0 bridgehead atoms. The van der Waals surface area contributed by atoms with E-state index in [2.05, 4.69) is 10.3 Å². The molecule has 1 rings (SSSR count). The Balaban J connectivity index is 2.75. The molecule has 9 nitrogen and oxygen atoms in total. The molecule has 0 aromatic heterocycles. The highest BCUT2D eigenvalue weighted by Gasteiger charge is 2.26. The van der Waals surface area contributed by atoms with Crippen LogP contribution in [-0.2, 0) is 22.9 Å². The number of benzene rings is 1. The summed E-state index contributed by atoms with van der Waals surface area (Å²) in [4.78, 5) is 17.9. The lowest BCUT2D eigenvalue weighted by atomic mass is 10.1. The topological polar surface area (TPSA) is 113 Å². The summed E-state index contributed by atoms with van der Waals surface area (Å²) in [5.41, 5.74) is 1.17. The van der Waals surface area contributed by atoms with Crippen molar-refractivity contribution in [2.45, 2.75) is 13.8 Å². The monoisotopic (exact) mass is 382 g/mol. The molecular weight excluding hydrogens is 359 g/mol. The number of amides is 1. The van der Waals surface area contributed by atoms with Crippen LogP contribution in [0.4, 0.5) is 11.4 Å². The maximum absolute atomic E-state index is 12.1. The van der Waals surface area contributed by atoms with E-state index in [4.69, 9.17) is 13.6 Å². The van der Waals surface area contributed by atoms with Crippen LogP contribution in [0.5, 0.6) is 0 Å². The lowest BCUT2D eigenvalue weighted by Gasteiger charge is -2.16. The van der Waals surface area contributed by atoms with Crippen LogP contribution in [0.15, 0.2) is 23.2 Å². The largest absolute Gasteiger partial charge is 0.475 e. The molecule has 1 aromatic rings. The molecule has 26 heavy (non-hydrogen) atoms. The molecule has 0 saturated carbocycles. The fourth-order valence-electron chi connectivity index (χ4n) is 1.76. The average molecular weight is 382 g/mol. The first-order valence-corrected chi connectivity index (χ1v) is 9.37. The summed E-state index contributed by atoms with van der Waals surface area (Å²) in [6.45, 7) is 3.01. The summed E-state index contributed by atoms with van der Waals surface area (Å²) in [5.74, 6) is -0.557. The third-order valence-electron chi connectivity index (χ3n) is 2.76. The van der Waals surface area contributed by atoms with Crippen molar-refractivity contribution in [1.82, 2.24) is 4.90 Å². The number of carbonyl (C=O) groups excluding carboxylic acids is 1. The third-order valence-corrected chi connectivity index (χ3v) is 4.35. The minimum Gasteiger partial charge on any atom is -0.369 e. The standard InChI is InChI=1S/C16H23N4O5P/c1-5-23-26(22,24-6-2)25-11-16(21)19-14-7-8-15(13(9-14)10-17)18-12-20(3)4/h7-9,12H,5-6,11H2,1-4H3,(H,19,21)/b18-12+. The number of aliphatic imine (C=N–C) groups is 1. The van der Waals surface area contributed by atoms with Crippen LogP contribution in [0.3, 0.4) is 0 Å². The summed E-state index contributed by atoms with van der Waals surface area (Å²) in [6, 6.07) is 6.73. The zero-order valence-electron chi connectivity index (χ0n) is 15.3. The van der Waals surface area contributed by atoms with Gasteiger partial charge in [-0.05, 0) is 32.0 Å². The molecule has 0 atom stereocenters. The van der Waals surface area contributed by atoms with E-state index >= 15 is 0 Å². The van der Waals surface area contributed by atoms with Crippen LogP contribution in [-0.4, -0.2) is 51.1 Å². The molecule has 1 aromatic carbocycles. The van der Waals surface area contributed by atoms with Gasteiger partial charge in [-0.1, -0.05) is 0 Å². The number of nitrogens with one attached hydrogen (secondary N) is 1. The zero-order valence-corrected chi connectivity index (χ0v) is 16.2. The van der Waals surface area contributed by atoms with Crippen molar-refractivity contribution in [1.29, 1.82) is 5.26 Å². The van der Waals surface area contributed by atoms with Crippen LogP contribution in [0.25, 0.3) is 0 Å². The predicted octanol–water partition coefficient (Wildman–Crippen LogP) is 2.92. The highest BCUT2D eigenvalue weighted by Crippen LogP contribution is 2.49. The molecule has 1 amide bonds. The maximum Gasteiger partial charge on any atom is 0.475 e. The molecule has 0 aliphatic heterocycles. The zero-order chi connectivity index (χ0) is 19.6. The first-order chi connectivity index (χ1) is 12.3. The number of anilines is 1. The molecule has 0 spiro atoms. The van der Waals surface area contributed by atoms with Crippen LogP contribution < -0.4 is 5.32 Å². The van der Waals surface area contributed by atoms with E-state index < -0.39 is 20.3 Å². The van der Waals surface area contributed by atoms with E-state index in [0.717, 1.165) is 0 Å². The van der Waals surface area contributed by atoms with E-state index in [1.807, 2.05) is 20.2 Å². The van der Waals surface area contributed by atoms with Gasteiger partial charge in [0.15, 0.2) is 0 Å². The van der Waals surface area contributed by atoms with E-state index in [9.17, 15) is 14.6 Å². The Hall–Kier alpha value is -2.24. The molecule has 0 radical (unpaired) electrons. The van der Waals surface area contributed by atoms with Crippen LogP contribution in [0.2, 0.25) is 0 Å². The number of nitriles is 1. The lowest BCUT2D eigenvalue weighted by molar-refractivity contribution is -0.118. The quantitative estimate of drug-likeness (QED) is 0.376. The Labute approximate surface area is 153 Å². The molecule has 10 heteroatoms. The summed E-state index contributed by atoms with van der Waals surface area (Å²) in [5, 5.41) is 11.8. The van der Waals surface area contributed by atoms with E-state index in [-0.39, 0.29) is 13.2 Å². The summed E-state index contributed by atoms with van der Waals surface area (Å²) in [6.07, 6.45) is 1.57. The van der Waals surface area contributed by atoms with Gasteiger partial charge in [0.1, 0.15) is 12.7 Å². The smallest absolute Gasteiger partial charge is 0.369 e. The van der Waals surface area contributed by atoms with Crippen molar-refractivity contribution in [2.24, 2.45) is 4.99 Å². The van der Waals surface area contributed by atoms with Gasteiger partial charge in [0.05, 0.1) is 30.8 Å².